The molecule has 0 aliphatic heterocycles. The minimum atomic E-state index is 0.355. The zero-order chi connectivity index (χ0) is 11.1. The number of hydrogen-bond acceptors (Lipinski definition) is 2. The summed E-state index contributed by atoms with van der Waals surface area (Å²) < 4.78 is 0. The third-order valence-electron chi connectivity index (χ3n) is 3.23. The second-order valence-electron chi connectivity index (χ2n) is 4.58. The van der Waals surface area contributed by atoms with E-state index < -0.39 is 0 Å². The summed E-state index contributed by atoms with van der Waals surface area (Å²) in [4.78, 5) is 2.52. The molecule has 2 nitrogen and oxygen atoms in total. The highest BCUT2D eigenvalue weighted by Crippen LogP contribution is 2.08. The minimum Gasteiger partial charge on any atom is -0.327 e. The van der Waals surface area contributed by atoms with E-state index in [1.165, 1.54) is 6.42 Å². The van der Waals surface area contributed by atoms with Crippen LogP contribution in [-0.2, 0) is 0 Å². The number of hydrogen-bond donors (Lipinski definition) is 1. The lowest BCUT2D eigenvalue weighted by Crippen LogP contribution is -2.37. The minimum absolute atomic E-state index is 0.355. The molecule has 0 rings (SSSR count). The fraction of sp³-hybridized carbons (Fsp3) is 1.00. The summed E-state index contributed by atoms with van der Waals surface area (Å²) in [5.74, 6) is 0.602. The highest BCUT2D eigenvalue weighted by atomic mass is 15.1. The van der Waals surface area contributed by atoms with Crippen molar-refractivity contribution in [1.82, 2.24) is 4.90 Å². The quantitative estimate of drug-likeness (QED) is 0.684. The smallest absolute Gasteiger partial charge is 0.00740 e. The molecular weight excluding hydrogens is 172 g/mol. The van der Waals surface area contributed by atoms with E-state index in [2.05, 4.69) is 39.5 Å². The molecule has 2 unspecified atom stereocenters. The maximum absolute atomic E-state index is 6.03. The first kappa shape index (κ1) is 13.9. The molecule has 0 fully saturated rings. The first-order valence-electron chi connectivity index (χ1n) is 6.02. The van der Waals surface area contributed by atoms with E-state index in [1.54, 1.807) is 0 Å². The molecule has 86 valence electrons. The van der Waals surface area contributed by atoms with Gasteiger partial charge < -0.3 is 10.6 Å². The lowest BCUT2D eigenvalue weighted by atomic mass is 10.0. The van der Waals surface area contributed by atoms with Crippen molar-refractivity contribution >= 4 is 0 Å². The van der Waals surface area contributed by atoms with Crippen LogP contribution < -0.4 is 5.73 Å². The third-order valence-corrected chi connectivity index (χ3v) is 3.23. The Bertz CT molecular complexity index is 134. The molecule has 0 heterocycles. The van der Waals surface area contributed by atoms with E-state index in [9.17, 15) is 0 Å². The van der Waals surface area contributed by atoms with Gasteiger partial charge in [-0.1, -0.05) is 27.7 Å². The monoisotopic (exact) mass is 200 g/mol. The van der Waals surface area contributed by atoms with E-state index in [0.29, 0.717) is 18.0 Å². The molecule has 2 N–H and O–H groups in total. The molecule has 0 saturated heterocycles. The molecule has 0 aromatic carbocycles. The SMILES string of the molecule is CCC(C)N(CC)CCC(N)C(C)C. The van der Waals surface area contributed by atoms with E-state index in [0.717, 1.165) is 19.5 Å². The van der Waals surface area contributed by atoms with Gasteiger partial charge in [-0.15, -0.1) is 0 Å². The van der Waals surface area contributed by atoms with E-state index in [1.807, 2.05) is 0 Å². The Hall–Kier alpha value is -0.0800. The van der Waals surface area contributed by atoms with Gasteiger partial charge in [-0.05, 0) is 38.8 Å². The Morgan fingerprint density at radius 2 is 1.71 bits per heavy atom. The number of nitrogens with two attached hydrogens (primary N) is 1. The average Bonchev–Trinajstić information content (AvgIpc) is 2.17. The van der Waals surface area contributed by atoms with Gasteiger partial charge in [-0.2, -0.15) is 0 Å². The lowest BCUT2D eigenvalue weighted by Gasteiger charge is -2.28. The summed E-state index contributed by atoms with van der Waals surface area (Å²) in [6.45, 7) is 13.5. The van der Waals surface area contributed by atoms with Crippen LogP contribution in [0.5, 0.6) is 0 Å². The van der Waals surface area contributed by atoms with Crippen LogP contribution in [0.15, 0.2) is 0 Å². The Kier molecular flexibility index (Phi) is 7.20. The Morgan fingerprint density at radius 1 is 1.14 bits per heavy atom. The van der Waals surface area contributed by atoms with Gasteiger partial charge in [0.05, 0.1) is 0 Å². The molecule has 0 aliphatic carbocycles. The average molecular weight is 200 g/mol. The summed E-state index contributed by atoms with van der Waals surface area (Å²) in [6, 6.07) is 1.05. The first-order chi connectivity index (χ1) is 6.52. The standard InChI is InChI=1S/C12H28N2/c1-6-11(5)14(7-2)9-8-12(13)10(3)4/h10-12H,6-9,13H2,1-5H3. The van der Waals surface area contributed by atoms with Crippen molar-refractivity contribution in [3.05, 3.63) is 0 Å². The van der Waals surface area contributed by atoms with Crippen LogP contribution >= 0.6 is 0 Å². The summed E-state index contributed by atoms with van der Waals surface area (Å²) in [5.41, 5.74) is 6.03. The fourth-order valence-corrected chi connectivity index (χ4v) is 1.60. The molecule has 0 amide bonds. The number of nitrogens with zero attached hydrogens (tertiary/aromatic N) is 1. The molecule has 0 aliphatic rings. The van der Waals surface area contributed by atoms with Crippen LogP contribution in [0.1, 0.15) is 47.5 Å². The molecule has 0 bridgehead atoms. The van der Waals surface area contributed by atoms with Gasteiger partial charge in [-0.3, -0.25) is 0 Å². The van der Waals surface area contributed by atoms with Crippen molar-refractivity contribution in [1.29, 1.82) is 0 Å². The Morgan fingerprint density at radius 3 is 2.07 bits per heavy atom. The van der Waals surface area contributed by atoms with Crippen molar-refractivity contribution in [2.45, 2.75) is 59.5 Å². The largest absolute Gasteiger partial charge is 0.327 e. The summed E-state index contributed by atoms with van der Waals surface area (Å²) >= 11 is 0. The van der Waals surface area contributed by atoms with Gasteiger partial charge in [0.25, 0.3) is 0 Å². The normalized spacial score (nSPS) is 16.3. The lowest BCUT2D eigenvalue weighted by molar-refractivity contribution is 0.202. The van der Waals surface area contributed by atoms with Crippen molar-refractivity contribution < 1.29 is 0 Å². The highest BCUT2D eigenvalue weighted by Gasteiger charge is 2.13. The fourth-order valence-electron chi connectivity index (χ4n) is 1.60. The first-order valence-corrected chi connectivity index (χ1v) is 6.02. The summed E-state index contributed by atoms with van der Waals surface area (Å²) in [6.07, 6.45) is 2.35. The third kappa shape index (κ3) is 4.97. The van der Waals surface area contributed by atoms with Crippen molar-refractivity contribution in [3.63, 3.8) is 0 Å². The maximum atomic E-state index is 6.03. The molecule has 0 saturated carbocycles. The van der Waals surface area contributed by atoms with Gasteiger partial charge in [0.2, 0.25) is 0 Å². The molecule has 0 aromatic heterocycles. The molecule has 2 atom stereocenters. The Balaban J connectivity index is 3.83. The van der Waals surface area contributed by atoms with Crippen LogP contribution in [0, 0.1) is 5.92 Å². The molecule has 0 spiro atoms. The van der Waals surface area contributed by atoms with Crippen molar-refractivity contribution in [2.75, 3.05) is 13.1 Å². The van der Waals surface area contributed by atoms with E-state index in [4.69, 9.17) is 5.73 Å². The van der Waals surface area contributed by atoms with Gasteiger partial charge >= 0.3 is 0 Å². The molecular formula is C12H28N2. The van der Waals surface area contributed by atoms with Gasteiger partial charge in [0.15, 0.2) is 0 Å². The van der Waals surface area contributed by atoms with Gasteiger partial charge in [-0.25, -0.2) is 0 Å². The summed E-state index contributed by atoms with van der Waals surface area (Å²) in [7, 11) is 0. The second-order valence-corrected chi connectivity index (χ2v) is 4.58. The van der Waals surface area contributed by atoms with Crippen LogP contribution in [0.3, 0.4) is 0 Å². The van der Waals surface area contributed by atoms with Crippen LogP contribution in [-0.4, -0.2) is 30.1 Å². The van der Waals surface area contributed by atoms with Crippen LogP contribution in [0.25, 0.3) is 0 Å². The zero-order valence-corrected chi connectivity index (χ0v) is 10.6. The molecule has 2 heteroatoms. The summed E-state index contributed by atoms with van der Waals surface area (Å²) in [5, 5.41) is 0. The van der Waals surface area contributed by atoms with E-state index >= 15 is 0 Å². The van der Waals surface area contributed by atoms with Crippen LogP contribution in [0.2, 0.25) is 0 Å². The maximum Gasteiger partial charge on any atom is 0.00740 e. The predicted molar refractivity (Wildman–Crippen MR) is 64.4 cm³/mol. The topological polar surface area (TPSA) is 29.3 Å². The highest BCUT2D eigenvalue weighted by molar-refractivity contribution is 4.70. The van der Waals surface area contributed by atoms with E-state index in [-0.39, 0.29) is 0 Å². The van der Waals surface area contributed by atoms with Crippen LogP contribution in [0.4, 0.5) is 0 Å². The molecule has 0 radical (unpaired) electrons. The van der Waals surface area contributed by atoms with Gasteiger partial charge in [0, 0.05) is 12.1 Å². The number of rotatable bonds is 7. The predicted octanol–water partition coefficient (Wildman–Crippen LogP) is 2.48. The molecule has 0 aromatic rings. The molecule has 14 heavy (non-hydrogen) atoms. The second kappa shape index (κ2) is 7.24. The Labute approximate surface area is 89.9 Å². The zero-order valence-electron chi connectivity index (χ0n) is 10.6. The van der Waals surface area contributed by atoms with Gasteiger partial charge in [0.1, 0.15) is 0 Å². The van der Waals surface area contributed by atoms with Crippen molar-refractivity contribution in [2.24, 2.45) is 11.7 Å². The van der Waals surface area contributed by atoms with Crippen molar-refractivity contribution in [3.8, 4) is 0 Å².